The Balaban J connectivity index is 2.60. The standard InChI is InChI=1S/C25H32FN2O3P/c1-4-6-17-30-32(29,31-18-7-5-2)28(20-22-13-9-8-10-14-22)25(21(3)19-27)23-15-11-12-16-24(23)26/h8-16,25H,3-7,17-18,20H2,1-2H3. The number of unbranched alkanes of at least 4 members (excludes halogenated alkanes) is 2. The summed E-state index contributed by atoms with van der Waals surface area (Å²) in [6.07, 6.45) is 3.11. The van der Waals surface area contributed by atoms with E-state index in [1.165, 1.54) is 10.7 Å². The average Bonchev–Trinajstić information content (AvgIpc) is 2.80. The van der Waals surface area contributed by atoms with Gasteiger partial charge < -0.3 is 0 Å². The Morgan fingerprint density at radius 1 is 1.06 bits per heavy atom. The van der Waals surface area contributed by atoms with Gasteiger partial charge in [-0.3, -0.25) is 9.05 Å². The van der Waals surface area contributed by atoms with Crippen molar-refractivity contribution in [1.29, 1.82) is 5.26 Å². The fourth-order valence-corrected chi connectivity index (χ4v) is 5.18. The second kappa shape index (κ2) is 13.3. The first-order valence-corrected chi connectivity index (χ1v) is 12.5. The van der Waals surface area contributed by atoms with Crippen LogP contribution < -0.4 is 0 Å². The van der Waals surface area contributed by atoms with Crippen molar-refractivity contribution in [3.05, 3.63) is 83.7 Å². The van der Waals surface area contributed by atoms with Crippen molar-refractivity contribution in [2.75, 3.05) is 13.2 Å². The van der Waals surface area contributed by atoms with Crippen molar-refractivity contribution in [1.82, 2.24) is 4.67 Å². The monoisotopic (exact) mass is 458 g/mol. The zero-order valence-corrected chi connectivity index (χ0v) is 19.8. The summed E-state index contributed by atoms with van der Waals surface area (Å²) in [5, 5.41) is 9.70. The van der Waals surface area contributed by atoms with Crippen LogP contribution in [0.25, 0.3) is 0 Å². The summed E-state index contributed by atoms with van der Waals surface area (Å²) in [5.41, 5.74) is 1.09. The molecule has 7 heteroatoms. The summed E-state index contributed by atoms with van der Waals surface area (Å²) >= 11 is 0. The second-order valence-electron chi connectivity index (χ2n) is 7.49. The number of hydrogen-bond acceptors (Lipinski definition) is 4. The average molecular weight is 459 g/mol. The first-order chi connectivity index (χ1) is 15.5. The van der Waals surface area contributed by atoms with Gasteiger partial charge in [0.15, 0.2) is 0 Å². The van der Waals surface area contributed by atoms with Gasteiger partial charge in [-0.05, 0) is 24.5 Å². The van der Waals surface area contributed by atoms with Gasteiger partial charge in [-0.2, -0.15) is 9.93 Å². The van der Waals surface area contributed by atoms with Crippen molar-refractivity contribution in [2.24, 2.45) is 0 Å². The molecule has 0 aliphatic heterocycles. The molecule has 0 aromatic heterocycles. The van der Waals surface area contributed by atoms with Crippen LogP contribution in [0.15, 0.2) is 66.7 Å². The fourth-order valence-electron chi connectivity index (χ4n) is 3.21. The zero-order chi connectivity index (χ0) is 23.4. The minimum atomic E-state index is -3.91. The van der Waals surface area contributed by atoms with E-state index in [-0.39, 0.29) is 30.9 Å². The van der Waals surface area contributed by atoms with Crippen molar-refractivity contribution in [3.8, 4) is 6.07 Å². The molecule has 0 heterocycles. The molecule has 1 unspecified atom stereocenters. The highest BCUT2D eigenvalue weighted by Crippen LogP contribution is 2.58. The molecule has 2 aromatic rings. The van der Waals surface area contributed by atoms with Crippen LogP contribution in [0.5, 0.6) is 0 Å². The first kappa shape index (κ1) is 26.0. The second-order valence-corrected chi connectivity index (χ2v) is 9.45. The number of hydrogen-bond donors (Lipinski definition) is 0. The van der Waals surface area contributed by atoms with E-state index in [0.717, 1.165) is 18.4 Å². The lowest BCUT2D eigenvalue weighted by atomic mass is 9.99. The van der Waals surface area contributed by atoms with Gasteiger partial charge in [0, 0.05) is 17.7 Å². The van der Waals surface area contributed by atoms with Crippen molar-refractivity contribution in [3.63, 3.8) is 0 Å². The molecule has 0 radical (unpaired) electrons. The normalized spacial score (nSPS) is 12.5. The molecule has 0 aliphatic carbocycles. The number of nitrogens with zero attached hydrogens (tertiary/aromatic N) is 2. The molecule has 0 saturated carbocycles. The minimum absolute atomic E-state index is 0.0597. The molecular weight excluding hydrogens is 426 g/mol. The van der Waals surface area contributed by atoms with Crippen molar-refractivity contribution >= 4 is 7.75 Å². The van der Waals surface area contributed by atoms with Gasteiger partial charge in [0.1, 0.15) is 5.82 Å². The third-order valence-electron chi connectivity index (χ3n) is 4.98. The molecule has 0 amide bonds. The molecule has 0 N–H and O–H groups in total. The summed E-state index contributed by atoms with van der Waals surface area (Å²) in [7, 11) is -3.91. The van der Waals surface area contributed by atoms with E-state index in [1.807, 2.05) is 50.2 Å². The van der Waals surface area contributed by atoms with Gasteiger partial charge in [-0.1, -0.05) is 81.8 Å². The number of rotatable bonds is 14. The minimum Gasteiger partial charge on any atom is -0.297 e. The third-order valence-corrected chi connectivity index (χ3v) is 7.00. The maximum absolute atomic E-state index is 14.9. The van der Waals surface area contributed by atoms with Crippen LogP contribution in [0.3, 0.4) is 0 Å². The van der Waals surface area contributed by atoms with Gasteiger partial charge >= 0.3 is 7.75 Å². The summed E-state index contributed by atoms with van der Waals surface area (Å²) in [5.74, 6) is -0.513. The van der Waals surface area contributed by atoms with Gasteiger partial charge in [-0.25, -0.2) is 8.96 Å². The molecule has 1 atom stereocenters. The fraction of sp³-hybridized carbons (Fsp3) is 0.400. The van der Waals surface area contributed by atoms with E-state index in [1.54, 1.807) is 18.2 Å². The summed E-state index contributed by atoms with van der Waals surface area (Å²) in [6.45, 7) is 8.47. The zero-order valence-electron chi connectivity index (χ0n) is 18.9. The molecule has 0 saturated heterocycles. The van der Waals surface area contributed by atoms with E-state index in [9.17, 15) is 14.2 Å². The molecule has 32 heavy (non-hydrogen) atoms. The van der Waals surface area contributed by atoms with Crippen molar-refractivity contribution < 1.29 is 18.0 Å². The molecule has 2 rings (SSSR count). The molecule has 5 nitrogen and oxygen atoms in total. The Labute approximate surface area is 191 Å². The van der Waals surface area contributed by atoms with Crippen LogP contribution >= 0.6 is 7.75 Å². The predicted molar refractivity (Wildman–Crippen MR) is 125 cm³/mol. The molecular formula is C25H32FN2O3P. The van der Waals surface area contributed by atoms with E-state index in [4.69, 9.17) is 9.05 Å². The highest BCUT2D eigenvalue weighted by atomic mass is 31.2. The number of benzene rings is 2. The van der Waals surface area contributed by atoms with Crippen LogP contribution in [0, 0.1) is 17.1 Å². The smallest absolute Gasteiger partial charge is 0.297 e. The maximum Gasteiger partial charge on any atom is 0.409 e. The third kappa shape index (κ3) is 7.12. The summed E-state index contributed by atoms with van der Waals surface area (Å²) < 4.78 is 42.3. The Morgan fingerprint density at radius 3 is 2.16 bits per heavy atom. The Morgan fingerprint density at radius 2 is 1.62 bits per heavy atom. The highest BCUT2D eigenvalue weighted by molar-refractivity contribution is 7.51. The molecule has 0 spiro atoms. The molecule has 0 bridgehead atoms. The van der Waals surface area contributed by atoms with Gasteiger partial charge in [-0.15, -0.1) is 0 Å². The van der Waals surface area contributed by atoms with Gasteiger partial charge in [0.25, 0.3) is 0 Å². The molecule has 2 aromatic carbocycles. The van der Waals surface area contributed by atoms with Crippen molar-refractivity contribution in [2.45, 2.75) is 52.1 Å². The topological polar surface area (TPSA) is 62.6 Å². The van der Waals surface area contributed by atoms with Crippen LogP contribution in [0.4, 0.5) is 4.39 Å². The Hall–Kier alpha value is -2.29. The lowest BCUT2D eigenvalue weighted by Gasteiger charge is -2.36. The molecule has 0 fully saturated rings. The van der Waals surface area contributed by atoms with Crippen LogP contribution in [0.1, 0.15) is 56.7 Å². The number of halogens is 1. The first-order valence-electron chi connectivity index (χ1n) is 11.0. The van der Waals surface area contributed by atoms with E-state index in [2.05, 4.69) is 6.58 Å². The maximum atomic E-state index is 14.9. The van der Waals surface area contributed by atoms with E-state index in [0.29, 0.717) is 12.8 Å². The van der Waals surface area contributed by atoms with Crippen LogP contribution in [-0.2, 0) is 20.2 Å². The molecule has 0 aliphatic rings. The molecule has 172 valence electrons. The van der Waals surface area contributed by atoms with Crippen LogP contribution in [0.2, 0.25) is 0 Å². The Bertz CT molecular complexity index is 932. The quantitative estimate of drug-likeness (QED) is 0.170. The largest absolute Gasteiger partial charge is 0.409 e. The SMILES string of the molecule is C=C(C#N)C(c1ccccc1F)N(Cc1ccccc1)P(=O)(OCCCC)OCCCC. The Kier molecular flexibility index (Phi) is 10.8. The van der Waals surface area contributed by atoms with Gasteiger partial charge in [0.05, 0.1) is 25.3 Å². The summed E-state index contributed by atoms with van der Waals surface area (Å²) in [6, 6.07) is 16.5. The van der Waals surface area contributed by atoms with Gasteiger partial charge in [0.2, 0.25) is 0 Å². The lowest BCUT2D eigenvalue weighted by molar-refractivity contribution is 0.139. The highest BCUT2D eigenvalue weighted by Gasteiger charge is 2.41. The van der Waals surface area contributed by atoms with E-state index < -0.39 is 19.6 Å². The number of nitriles is 1. The summed E-state index contributed by atoms with van der Waals surface area (Å²) in [4.78, 5) is 0. The van der Waals surface area contributed by atoms with E-state index >= 15 is 0 Å². The predicted octanol–water partition coefficient (Wildman–Crippen LogP) is 7.19. The van der Waals surface area contributed by atoms with Crippen LogP contribution in [-0.4, -0.2) is 17.9 Å². The lowest BCUT2D eigenvalue weighted by Crippen LogP contribution is -2.30.